The van der Waals surface area contributed by atoms with Crippen molar-refractivity contribution in [2.75, 3.05) is 11.6 Å². The number of hydrogen-bond donors (Lipinski definition) is 2. The zero-order valence-corrected chi connectivity index (χ0v) is 13.4. The molecule has 4 rings (SSSR count). The van der Waals surface area contributed by atoms with Gasteiger partial charge in [-0.05, 0) is 23.8 Å². The number of carbonyl (C=O) groups is 1. The molecule has 1 atom stereocenters. The largest absolute Gasteiger partial charge is 0.323 e. The molecule has 2 N–H and O–H groups in total. The van der Waals surface area contributed by atoms with Crippen LogP contribution in [0.2, 0.25) is 0 Å². The number of hydrazine groups is 1. The summed E-state index contributed by atoms with van der Waals surface area (Å²) in [7, 11) is 0. The summed E-state index contributed by atoms with van der Waals surface area (Å²) < 4.78 is 0.915. The van der Waals surface area contributed by atoms with Crippen LogP contribution in [0.15, 0.2) is 53.0 Å². The first-order valence-electron chi connectivity index (χ1n) is 7.13. The fourth-order valence-corrected chi connectivity index (χ4v) is 3.34. The van der Waals surface area contributed by atoms with Crippen molar-refractivity contribution in [3.63, 3.8) is 0 Å². The maximum absolute atomic E-state index is 12.9. The Morgan fingerprint density at radius 2 is 2.00 bits per heavy atom. The highest BCUT2D eigenvalue weighted by Gasteiger charge is 2.40. The van der Waals surface area contributed by atoms with E-state index in [9.17, 15) is 4.79 Å². The Hall–Kier alpha value is -1.89. The second-order valence-electron chi connectivity index (χ2n) is 5.40. The van der Waals surface area contributed by atoms with Crippen molar-refractivity contribution in [3.05, 3.63) is 64.1 Å². The number of nitrogens with zero attached hydrogens (tertiary/aromatic N) is 2. The minimum atomic E-state index is -0.165. The highest BCUT2D eigenvalue weighted by molar-refractivity contribution is 9.10. The predicted molar refractivity (Wildman–Crippen MR) is 87.9 cm³/mol. The molecule has 2 aliphatic rings. The van der Waals surface area contributed by atoms with E-state index in [0.717, 1.165) is 21.3 Å². The van der Waals surface area contributed by atoms with Crippen molar-refractivity contribution in [3.8, 4) is 0 Å². The number of anilines is 1. The molecule has 1 amide bonds. The van der Waals surface area contributed by atoms with Crippen LogP contribution in [0.3, 0.4) is 0 Å². The van der Waals surface area contributed by atoms with Gasteiger partial charge in [0.2, 0.25) is 0 Å². The van der Waals surface area contributed by atoms with Gasteiger partial charge in [0, 0.05) is 11.0 Å². The maximum Gasteiger partial charge on any atom is 0.259 e. The van der Waals surface area contributed by atoms with Gasteiger partial charge in [-0.2, -0.15) is 0 Å². The minimum Gasteiger partial charge on any atom is -0.323 e. The van der Waals surface area contributed by atoms with Gasteiger partial charge in [-0.3, -0.25) is 9.69 Å². The highest BCUT2D eigenvalue weighted by Crippen LogP contribution is 2.33. The Morgan fingerprint density at radius 3 is 2.82 bits per heavy atom. The lowest BCUT2D eigenvalue weighted by Crippen LogP contribution is -2.56. The van der Waals surface area contributed by atoms with E-state index in [-0.39, 0.29) is 12.2 Å². The van der Waals surface area contributed by atoms with E-state index in [0.29, 0.717) is 13.2 Å². The zero-order valence-electron chi connectivity index (χ0n) is 11.8. The quantitative estimate of drug-likeness (QED) is 0.864. The fraction of sp³-hybridized carbons (Fsp3) is 0.188. The van der Waals surface area contributed by atoms with Crippen LogP contribution >= 0.6 is 15.9 Å². The van der Waals surface area contributed by atoms with Gasteiger partial charge in [-0.25, -0.2) is 10.9 Å². The first kappa shape index (κ1) is 13.8. The Morgan fingerprint density at radius 1 is 1.18 bits per heavy atom. The Bertz CT molecular complexity index is 721. The molecule has 6 heteroatoms. The van der Waals surface area contributed by atoms with Gasteiger partial charge in [0.1, 0.15) is 0 Å². The van der Waals surface area contributed by atoms with E-state index < -0.39 is 0 Å². The summed E-state index contributed by atoms with van der Waals surface area (Å²) in [5, 5.41) is 0. The SMILES string of the molecule is O=C1c2cc(Br)ccc2N2CNNC2N1Cc1ccccc1. The van der Waals surface area contributed by atoms with Crippen LogP contribution < -0.4 is 15.8 Å². The van der Waals surface area contributed by atoms with Gasteiger partial charge in [-0.15, -0.1) is 0 Å². The van der Waals surface area contributed by atoms with E-state index in [1.54, 1.807) is 0 Å². The van der Waals surface area contributed by atoms with E-state index in [4.69, 9.17) is 0 Å². The number of rotatable bonds is 2. The smallest absolute Gasteiger partial charge is 0.259 e. The van der Waals surface area contributed by atoms with Gasteiger partial charge < -0.3 is 4.90 Å². The Balaban J connectivity index is 1.74. The van der Waals surface area contributed by atoms with Gasteiger partial charge in [0.05, 0.1) is 17.9 Å². The molecular weight excluding hydrogens is 344 g/mol. The molecule has 0 aromatic heterocycles. The average molecular weight is 359 g/mol. The Labute approximate surface area is 137 Å². The third-order valence-electron chi connectivity index (χ3n) is 4.03. The average Bonchev–Trinajstić information content (AvgIpc) is 3.02. The molecule has 2 aliphatic heterocycles. The van der Waals surface area contributed by atoms with Crippen LogP contribution in [-0.2, 0) is 6.54 Å². The second kappa shape index (κ2) is 5.39. The van der Waals surface area contributed by atoms with Crippen molar-refractivity contribution in [1.82, 2.24) is 15.8 Å². The Kier molecular flexibility index (Phi) is 3.37. The van der Waals surface area contributed by atoms with Gasteiger partial charge >= 0.3 is 0 Å². The summed E-state index contributed by atoms with van der Waals surface area (Å²) >= 11 is 3.46. The van der Waals surface area contributed by atoms with Crippen LogP contribution in [0.5, 0.6) is 0 Å². The molecule has 0 saturated carbocycles. The lowest BCUT2D eigenvalue weighted by atomic mass is 10.1. The molecule has 112 valence electrons. The third-order valence-corrected chi connectivity index (χ3v) is 4.52. The van der Waals surface area contributed by atoms with Crippen LogP contribution in [-0.4, -0.2) is 23.8 Å². The summed E-state index contributed by atoms with van der Waals surface area (Å²) in [5.41, 5.74) is 9.11. The van der Waals surface area contributed by atoms with Crippen molar-refractivity contribution < 1.29 is 4.79 Å². The molecule has 0 radical (unpaired) electrons. The predicted octanol–water partition coefficient (Wildman–Crippen LogP) is 2.26. The van der Waals surface area contributed by atoms with Crippen molar-refractivity contribution in [1.29, 1.82) is 0 Å². The first-order chi connectivity index (χ1) is 10.7. The van der Waals surface area contributed by atoms with Gasteiger partial charge in [0.15, 0.2) is 6.29 Å². The lowest BCUT2D eigenvalue weighted by Gasteiger charge is -2.40. The molecular formula is C16H15BrN4O. The molecule has 2 aromatic rings. The van der Waals surface area contributed by atoms with E-state index in [2.05, 4.69) is 31.7 Å². The maximum atomic E-state index is 12.9. The van der Waals surface area contributed by atoms with Gasteiger partial charge in [0.25, 0.3) is 5.91 Å². The molecule has 2 heterocycles. The fourth-order valence-electron chi connectivity index (χ4n) is 2.98. The molecule has 1 saturated heterocycles. The second-order valence-corrected chi connectivity index (χ2v) is 6.32. The number of halogens is 1. The van der Waals surface area contributed by atoms with Crippen LogP contribution in [0, 0.1) is 0 Å². The number of nitrogens with one attached hydrogen (secondary N) is 2. The summed E-state index contributed by atoms with van der Waals surface area (Å²) in [5.74, 6) is 0.0394. The lowest BCUT2D eigenvalue weighted by molar-refractivity contribution is 0.0617. The summed E-state index contributed by atoms with van der Waals surface area (Å²) in [4.78, 5) is 16.9. The number of carbonyl (C=O) groups excluding carboxylic acids is 1. The molecule has 2 aromatic carbocycles. The molecule has 0 spiro atoms. The van der Waals surface area contributed by atoms with Crippen LogP contribution in [0.1, 0.15) is 15.9 Å². The molecule has 0 aliphatic carbocycles. The van der Waals surface area contributed by atoms with E-state index >= 15 is 0 Å². The van der Waals surface area contributed by atoms with Gasteiger partial charge in [-0.1, -0.05) is 46.3 Å². The summed E-state index contributed by atoms with van der Waals surface area (Å²) in [6.07, 6.45) is -0.165. The molecule has 0 bridgehead atoms. The summed E-state index contributed by atoms with van der Waals surface area (Å²) in [6, 6.07) is 15.9. The number of benzene rings is 2. The molecule has 1 fully saturated rings. The zero-order chi connectivity index (χ0) is 15.1. The third kappa shape index (κ3) is 2.20. The normalized spacial score (nSPS) is 20.0. The van der Waals surface area contributed by atoms with Crippen molar-refractivity contribution in [2.45, 2.75) is 12.8 Å². The van der Waals surface area contributed by atoms with Crippen LogP contribution in [0.4, 0.5) is 5.69 Å². The van der Waals surface area contributed by atoms with E-state index in [1.807, 2.05) is 53.4 Å². The summed E-state index contributed by atoms with van der Waals surface area (Å²) in [6.45, 7) is 1.24. The minimum absolute atomic E-state index is 0.0394. The number of hydrogen-bond acceptors (Lipinski definition) is 4. The molecule has 1 unspecified atom stereocenters. The topological polar surface area (TPSA) is 47.6 Å². The first-order valence-corrected chi connectivity index (χ1v) is 7.93. The molecule has 5 nitrogen and oxygen atoms in total. The monoisotopic (exact) mass is 358 g/mol. The van der Waals surface area contributed by atoms with Crippen molar-refractivity contribution in [2.24, 2.45) is 0 Å². The standard InChI is InChI=1S/C16H15BrN4O/c17-12-6-7-14-13(8-12)15(22)20(16-19-18-10-21(14)16)9-11-4-2-1-3-5-11/h1-8,16,18-19H,9-10H2. The van der Waals surface area contributed by atoms with Crippen molar-refractivity contribution >= 4 is 27.5 Å². The van der Waals surface area contributed by atoms with Crippen LogP contribution in [0.25, 0.3) is 0 Å². The highest BCUT2D eigenvalue weighted by atomic mass is 79.9. The number of fused-ring (bicyclic) bond motifs is 3. The van der Waals surface area contributed by atoms with E-state index in [1.165, 1.54) is 0 Å². The molecule has 22 heavy (non-hydrogen) atoms. The number of amides is 1.